The van der Waals surface area contributed by atoms with Gasteiger partial charge < -0.3 is 14.5 Å². The average molecular weight is 538 g/mol. The van der Waals surface area contributed by atoms with E-state index in [0.29, 0.717) is 25.4 Å². The summed E-state index contributed by atoms with van der Waals surface area (Å²) >= 11 is 3.45. The lowest BCUT2D eigenvalue weighted by Crippen LogP contribution is -2.59. The minimum absolute atomic E-state index is 0.0123. The SMILES string of the molecule is CC(C)(C)OC(=O)N1CCC(CC(=O)N2CCN(Cc3ccc(Br)cn3)CC2C(C)(C)C)CC1. The van der Waals surface area contributed by atoms with Gasteiger partial charge >= 0.3 is 6.09 Å². The number of carbonyl (C=O) groups excluding carboxylic acids is 2. The molecule has 8 heteroatoms. The van der Waals surface area contributed by atoms with Gasteiger partial charge in [0.15, 0.2) is 0 Å². The molecule has 2 saturated heterocycles. The highest BCUT2D eigenvalue weighted by Gasteiger charge is 2.38. The van der Waals surface area contributed by atoms with Crippen molar-refractivity contribution in [1.82, 2.24) is 19.7 Å². The molecule has 3 rings (SSSR count). The highest BCUT2D eigenvalue weighted by atomic mass is 79.9. The van der Waals surface area contributed by atoms with Gasteiger partial charge in [-0.3, -0.25) is 14.7 Å². The second-order valence-corrected chi connectivity index (χ2v) is 12.7. The van der Waals surface area contributed by atoms with Gasteiger partial charge in [0.2, 0.25) is 5.91 Å². The number of nitrogens with zero attached hydrogens (tertiary/aromatic N) is 4. The molecule has 190 valence electrons. The molecule has 7 nitrogen and oxygen atoms in total. The van der Waals surface area contributed by atoms with Crippen LogP contribution in [0.2, 0.25) is 0 Å². The Morgan fingerprint density at radius 3 is 2.29 bits per heavy atom. The Balaban J connectivity index is 1.54. The number of ether oxygens (including phenoxy) is 1. The largest absolute Gasteiger partial charge is 0.444 e. The smallest absolute Gasteiger partial charge is 0.410 e. The van der Waals surface area contributed by atoms with E-state index in [1.807, 2.05) is 33.0 Å². The first kappa shape index (κ1) is 26.9. The molecule has 1 aromatic heterocycles. The van der Waals surface area contributed by atoms with Crippen molar-refractivity contribution in [2.45, 2.75) is 79.0 Å². The van der Waals surface area contributed by atoms with Gasteiger partial charge in [-0.2, -0.15) is 0 Å². The third-order valence-corrected chi connectivity index (χ3v) is 7.16. The quantitative estimate of drug-likeness (QED) is 0.545. The number of piperazine rings is 1. The molecule has 0 bridgehead atoms. The van der Waals surface area contributed by atoms with E-state index in [1.165, 1.54) is 0 Å². The zero-order valence-electron chi connectivity index (χ0n) is 21.6. The zero-order chi connectivity index (χ0) is 25.1. The first-order valence-corrected chi connectivity index (χ1v) is 13.2. The predicted octanol–water partition coefficient (Wildman–Crippen LogP) is 4.94. The molecular formula is C26H41BrN4O3. The Morgan fingerprint density at radius 1 is 1.06 bits per heavy atom. The summed E-state index contributed by atoms with van der Waals surface area (Å²) in [6, 6.07) is 4.24. The van der Waals surface area contributed by atoms with Crippen molar-refractivity contribution in [1.29, 1.82) is 0 Å². The van der Waals surface area contributed by atoms with Crippen molar-refractivity contribution in [3.63, 3.8) is 0 Å². The highest BCUT2D eigenvalue weighted by Crippen LogP contribution is 2.31. The van der Waals surface area contributed by atoms with E-state index in [1.54, 1.807) is 4.90 Å². The van der Waals surface area contributed by atoms with Crippen LogP contribution in [0.15, 0.2) is 22.8 Å². The van der Waals surface area contributed by atoms with Crippen LogP contribution < -0.4 is 0 Å². The fourth-order valence-electron chi connectivity index (χ4n) is 4.76. The molecule has 0 aromatic carbocycles. The first-order valence-electron chi connectivity index (χ1n) is 12.4. The van der Waals surface area contributed by atoms with Crippen molar-refractivity contribution in [2.75, 3.05) is 32.7 Å². The van der Waals surface area contributed by atoms with Crippen LogP contribution in [0.1, 0.15) is 66.5 Å². The maximum absolute atomic E-state index is 13.4. The van der Waals surface area contributed by atoms with Gasteiger partial charge in [0.25, 0.3) is 0 Å². The molecular weight excluding hydrogens is 496 g/mol. The predicted molar refractivity (Wildman–Crippen MR) is 137 cm³/mol. The van der Waals surface area contributed by atoms with E-state index in [-0.39, 0.29) is 23.5 Å². The monoisotopic (exact) mass is 536 g/mol. The molecule has 2 amide bonds. The number of aromatic nitrogens is 1. The van der Waals surface area contributed by atoms with Gasteiger partial charge in [0.1, 0.15) is 5.60 Å². The lowest BCUT2D eigenvalue weighted by molar-refractivity contribution is -0.141. The van der Waals surface area contributed by atoms with E-state index < -0.39 is 5.60 Å². The molecule has 0 aliphatic carbocycles. The van der Waals surface area contributed by atoms with Crippen LogP contribution in [0.3, 0.4) is 0 Å². The number of hydrogen-bond donors (Lipinski definition) is 0. The average Bonchev–Trinajstić information content (AvgIpc) is 2.74. The fraction of sp³-hybridized carbons (Fsp3) is 0.731. The first-order chi connectivity index (χ1) is 15.8. The number of rotatable bonds is 4. The number of hydrogen-bond acceptors (Lipinski definition) is 5. The van der Waals surface area contributed by atoms with E-state index in [0.717, 1.165) is 49.2 Å². The normalized spacial score (nSPS) is 21.0. The minimum Gasteiger partial charge on any atom is -0.444 e. The maximum Gasteiger partial charge on any atom is 0.410 e. The minimum atomic E-state index is -0.485. The molecule has 0 spiro atoms. The molecule has 2 fully saturated rings. The lowest BCUT2D eigenvalue weighted by atomic mass is 9.83. The second-order valence-electron chi connectivity index (χ2n) is 11.8. The Hall–Kier alpha value is -1.67. The van der Waals surface area contributed by atoms with E-state index in [4.69, 9.17) is 4.74 Å². The Kier molecular flexibility index (Phi) is 8.66. The Bertz CT molecular complexity index is 839. The van der Waals surface area contributed by atoms with Gasteiger partial charge in [-0.05, 0) is 73.0 Å². The Labute approximate surface area is 213 Å². The van der Waals surface area contributed by atoms with Crippen molar-refractivity contribution in [3.8, 4) is 0 Å². The topological polar surface area (TPSA) is 66.0 Å². The molecule has 1 atom stereocenters. The van der Waals surface area contributed by atoms with Gasteiger partial charge in [0, 0.05) is 62.4 Å². The van der Waals surface area contributed by atoms with Crippen LogP contribution in [0, 0.1) is 11.3 Å². The summed E-state index contributed by atoms with van der Waals surface area (Å²) in [5.41, 5.74) is 0.551. The van der Waals surface area contributed by atoms with Crippen molar-refractivity contribution < 1.29 is 14.3 Å². The van der Waals surface area contributed by atoms with E-state index in [2.05, 4.69) is 57.6 Å². The molecule has 0 N–H and O–H groups in total. The highest BCUT2D eigenvalue weighted by molar-refractivity contribution is 9.10. The maximum atomic E-state index is 13.4. The van der Waals surface area contributed by atoms with Crippen LogP contribution >= 0.6 is 15.9 Å². The van der Waals surface area contributed by atoms with Crippen LogP contribution in [0.25, 0.3) is 0 Å². The molecule has 2 aliphatic heterocycles. The van der Waals surface area contributed by atoms with E-state index in [9.17, 15) is 9.59 Å². The zero-order valence-corrected chi connectivity index (χ0v) is 23.2. The number of amides is 2. The summed E-state index contributed by atoms with van der Waals surface area (Å²) in [5.74, 6) is 0.564. The number of carbonyl (C=O) groups is 2. The third kappa shape index (κ3) is 7.67. The molecule has 1 aromatic rings. The summed E-state index contributed by atoms with van der Waals surface area (Å²) in [5, 5.41) is 0. The van der Waals surface area contributed by atoms with Crippen molar-refractivity contribution in [2.24, 2.45) is 11.3 Å². The molecule has 34 heavy (non-hydrogen) atoms. The summed E-state index contributed by atoms with van der Waals surface area (Å²) in [6.45, 7) is 16.9. The lowest BCUT2D eigenvalue weighted by Gasteiger charge is -2.47. The third-order valence-electron chi connectivity index (χ3n) is 6.69. The van der Waals surface area contributed by atoms with Crippen LogP contribution in [0.4, 0.5) is 4.79 Å². The fourth-order valence-corrected chi connectivity index (χ4v) is 5.00. The number of pyridine rings is 1. The molecule has 0 saturated carbocycles. The van der Waals surface area contributed by atoms with Gasteiger partial charge in [-0.1, -0.05) is 20.8 Å². The summed E-state index contributed by atoms with van der Waals surface area (Å²) in [4.78, 5) is 36.6. The molecule has 2 aliphatic rings. The molecule has 1 unspecified atom stereocenters. The van der Waals surface area contributed by atoms with Crippen LogP contribution in [0.5, 0.6) is 0 Å². The summed E-state index contributed by atoms with van der Waals surface area (Å²) in [7, 11) is 0. The van der Waals surface area contributed by atoms with Crippen LogP contribution in [-0.2, 0) is 16.1 Å². The van der Waals surface area contributed by atoms with Crippen LogP contribution in [-0.4, -0.2) is 76.1 Å². The second kappa shape index (κ2) is 10.9. The van der Waals surface area contributed by atoms with Gasteiger partial charge in [-0.25, -0.2) is 4.79 Å². The summed E-state index contributed by atoms with van der Waals surface area (Å²) < 4.78 is 6.48. The van der Waals surface area contributed by atoms with Gasteiger partial charge in [-0.15, -0.1) is 0 Å². The van der Waals surface area contributed by atoms with Crippen molar-refractivity contribution in [3.05, 3.63) is 28.5 Å². The Morgan fingerprint density at radius 2 is 1.74 bits per heavy atom. The number of likely N-dealkylation sites (tertiary alicyclic amines) is 1. The van der Waals surface area contributed by atoms with E-state index >= 15 is 0 Å². The standard InChI is InChI=1S/C26H41BrN4O3/c1-25(2,3)22-18-29(17-21-8-7-20(27)16-28-21)13-14-31(22)23(32)15-19-9-11-30(12-10-19)24(33)34-26(4,5)6/h7-8,16,19,22H,9-15,17-18H2,1-6H3. The van der Waals surface area contributed by atoms with Gasteiger partial charge in [0.05, 0.1) is 5.69 Å². The molecule has 3 heterocycles. The number of piperidine rings is 1. The summed E-state index contributed by atoms with van der Waals surface area (Å²) in [6.07, 6.45) is 3.84. The number of halogens is 1. The van der Waals surface area contributed by atoms with Crippen molar-refractivity contribution >= 4 is 27.9 Å². The molecule has 0 radical (unpaired) electrons.